The Bertz CT molecular complexity index is 620. The van der Waals surface area contributed by atoms with Crippen molar-refractivity contribution in [3.8, 4) is 0 Å². The SMILES string of the molecule is CNC(c1ccc(C2CCC2)cc1)c1cccc(Br)c1F. The van der Waals surface area contributed by atoms with Gasteiger partial charge >= 0.3 is 0 Å². The lowest BCUT2D eigenvalue weighted by Crippen LogP contribution is -2.19. The largest absolute Gasteiger partial charge is 0.309 e. The van der Waals surface area contributed by atoms with Crippen molar-refractivity contribution in [1.82, 2.24) is 5.32 Å². The van der Waals surface area contributed by atoms with Crippen LogP contribution in [0.3, 0.4) is 0 Å². The maximum atomic E-state index is 14.3. The summed E-state index contributed by atoms with van der Waals surface area (Å²) < 4.78 is 14.8. The molecule has 2 aromatic rings. The van der Waals surface area contributed by atoms with Crippen LogP contribution in [0.25, 0.3) is 0 Å². The Balaban J connectivity index is 1.90. The van der Waals surface area contributed by atoms with E-state index in [9.17, 15) is 4.39 Å². The highest BCUT2D eigenvalue weighted by molar-refractivity contribution is 9.10. The molecule has 3 heteroatoms. The third kappa shape index (κ3) is 2.90. The summed E-state index contributed by atoms with van der Waals surface area (Å²) in [4.78, 5) is 0. The second-order valence-corrected chi connectivity index (χ2v) is 6.51. The van der Waals surface area contributed by atoms with E-state index in [1.165, 1.54) is 24.8 Å². The van der Waals surface area contributed by atoms with E-state index in [1.54, 1.807) is 6.07 Å². The number of hydrogen-bond acceptors (Lipinski definition) is 1. The Morgan fingerprint density at radius 1 is 1.14 bits per heavy atom. The van der Waals surface area contributed by atoms with Crippen molar-refractivity contribution in [3.63, 3.8) is 0 Å². The Hall–Kier alpha value is -1.19. The van der Waals surface area contributed by atoms with E-state index in [0.29, 0.717) is 10.0 Å². The van der Waals surface area contributed by atoms with Gasteiger partial charge in [0.05, 0.1) is 10.5 Å². The number of rotatable bonds is 4. The number of halogens is 2. The fourth-order valence-corrected chi connectivity index (χ4v) is 3.33. The minimum absolute atomic E-state index is 0.127. The molecule has 0 amide bonds. The van der Waals surface area contributed by atoms with Crippen molar-refractivity contribution in [1.29, 1.82) is 0 Å². The standard InChI is InChI=1S/C18H19BrFN/c1-21-18(15-6-3-7-16(19)17(15)20)14-10-8-13(9-11-14)12-4-2-5-12/h3,6-12,18,21H,2,4-5H2,1H3. The van der Waals surface area contributed by atoms with Crippen molar-refractivity contribution in [3.05, 3.63) is 69.4 Å². The van der Waals surface area contributed by atoms with Gasteiger partial charge < -0.3 is 5.32 Å². The van der Waals surface area contributed by atoms with E-state index >= 15 is 0 Å². The van der Waals surface area contributed by atoms with Gasteiger partial charge in [-0.2, -0.15) is 0 Å². The van der Waals surface area contributed by atoms with Crippen LogP contribution in [-0.2, 0) is 0 Å². The fourth-order valence-electron chi connectivity index (χ4n) is 2.95. The van der Waals surface area contributed by atoms with Gasteiger partial charge in [-0.25, -0.2) is 4.39 Å². The molecular weight excluding hydrogens is 329 g/mol. The minimum Gasteiger partial charge on any atom is -0.309 e. The lowest BCUT2D eigenvalue weighted by Gasteiger charge is -2.26. The van der Waals surface area contributed by atoms with Gasteiger partial charge in [0.2, 0.25) is 0 Å². The molecule has 0 bridgehead atoms. The maximum Gasteiger partial charge on any atom is 0.142 e. The normalized spacial score (nSPS) is 16.5. The zero-order chi connectivity index (χ0) is 14.8. The zero-order valence-electron chi connectivity index (χ0n) is 12.1. The average molecular weight is 348 g/mol. The van der Waals surface area contributed by atoms with Crippen molar-refractivity contribution in [2.75, 3.05) is 7.05 Å². The van der Waals surface area contributed by atoms with Crippen molar-refractivity contribution in [2.45, 2.75) is 31.2 Å². The number of hydrogen-bond donors (Lipinski definition) is 1. The first kappa shape index (κ1) is 14.7. The van der Waals surface area contributed by atoms with E-state index in [-0.39, 0.29) is 11.9 Å². The van der Waals surface area contributed by atoms with Crippen LogP contribution in [0.1, 0.15) is 47.9 Å². The Morgan fingerprint density at radius 3 is 2.43 bits per heavy atom. The van der Waals surface area contributed by atoms with Gasteiger partial charge in [-0.1, -0.05) is 42.8 Å². The highest BCUT2D eigenvalue weighted by Crippen LogP contribution is 2.37. The molecule has 21 heavy (non-hydrogen) atoms. The molecule has 0 saturated heterocycles. The lowest BCUT2D eigenvalue weighted by atomic mass is 9.79. The van der Waals surface area contributed by atoms with E-state index in [4.69, 9.17) is 0 Å². The van der Waals surface area contributed by atoms with Crippen LogP contribution in [0, 0.1) is 5.82 Å². The summed E-state index contributed by atoms with van der Waals surface area (Å²) in [6, 6.07) is 13.9. The smallest absolute Gasteiger partial charge is 0.142 e. The Morgan fingerprint density at radius 2 is 1.86 bits per heavy atom. The van der Waals surface area contributed by atoms with E-state index in [0.717, 1.165) is 11.5 Å². The van der Waals surface area contributed by atoms with Gasteiger partial charge in [-0.15, -0.1) is 0 Å². The molecule has 0 spiro atoms. The highest BCUT2D eigenvalue weighted by atomic mass is 79.9. The minimum atomic E-state index is -0.195. The zero-order valence-corrected chi connectivity index (χ0v) is 13.7. The van der Waals surface area contributed by atoms with Crippen molar-refractivity contribution >= 4 is 15.9 Å². The summed E-state index contributed by atoms with van der Waals surface area (Å²) in [7, 11) is 1.87. The van der Waals surface area contributed by atoms with E-state index < -0.39 is 0 Å². The summed E-state index contributed by atoms with van der Waals surface area (Å²) in [5, 5.41) is 3.22. The third-order valence-electron chi connectivity index (χ3n) is 4.43. The average Bonchev–Trinajstić information content (AvgIpc) is 2.44. The molecule has 2 aromatic carbocycles. The maximum absolute atomic E-state index is 14.3. The third-order valence-corrected chi connectivity index (χ3v) is 5.04. The van der Waals surface area contributed by atoms with Crippen LogP contribution in [0.5, 0.6) is 0 Å². The Labute approximate surface area is 133 Å². The molecule has 0 aromatic heterocycles. The molecule has 110 valence electrons. The molecule has 0 aliphatic heterocycles. The van der Waals surface area contributed by atoms with Crippen molar-refractivity contribution in [2.24, 2.45) is 0 Å². The first-order valence-electron chi connectivity index (χ1n) is 7.41. The van der Waals surface area contributed by atoms with Gasteiger partial charge in [0.15, 0.2) is 0 Å². The van der Waals surface area contributed by atoms with Crippen LogP contribution >= 0.6 is 15.9 Å². The van der Waals surface area contributed by atoms with Crippen LogP contribution in [0.15, 0.2) is 46.9 Å². The predicted molar refractivity (Wildman–Crippen MR) is 88.0 cm³/mol. The van der Waals surface area contributed by atoms with E-state index in [2.05, 4.69) is 45.5 Å². The first-order chi connectivity index (χ1) is 10.2. The molecule has 1 aliphatic carbocycles. The summed E-state index contributed by atoms with van der Waals surface area (Å²) in [5.41, 5.74) is 3.18. The van der Waals surface area contributed by atoms with Gasteiger partial charge in [-0.3, -0.25) is 0 Å². The van der Waals surface area contributed by atoms with Crippen LogP contribution < -0.4 is 5.32 Å². The molecule has 0 heterocycles. The molecule has 1 aliphatic rings. The lowest BCUT2D eigenvalue weighted by molar-refractivity contribution is 0.419. The van der Waals surface area contributed by atoms with Crippen LogP contribution in [0.2, 0.25) is 0 Å². The molecule has 1 nitrogen and oxygen atoms in total. The predicted octanol–water partition coefficient (Wildman–Crippen LogP) is 5.16. The molecule has 1 N–H and O–H groups in total. The Kier molecular flexibility index (Phi) is 4.41. The summed E-state index contributed by atoms with van der Waals surface area (Å²) in [6.45, 7) is 0. The molecule has 0 radical (unpaired) electrons. The van der Waals surface area contributed by atoms with Gasteiger partial charge in [-0.05, 0) is 58.9 Å². The summed E-state index contributed by atoms with van der Waals surface area (Å²) >= 11 is 3.26. The molecule has 1 saturated carbocycles. The molecule has 1 atom stereocenters. The van der Waals surface area contributed by atoms with Crippen molar-refractivity contribution < 1.29 is 4.39 Å². The van der Waals surface area contributed by atoms with Gasteiger partial charge in [0.25, 0.3) is 0 Å². The first-order valence-corrected chi connectivity index (χ1v) is 8.21. The second kappa shape index (κ2) is 6.29. The van der Waals surface area contributed by atoms with Gasteiger partial charge in [0, 0.05) is 5.56 Å². The quantitative estimate of drug-likeness (QED) is 0.804. The van der Waals surface area contributed by atoms with Crippen LogP contribution in [-0.4, -0.2) is 7.05 Å². The highest BCUT2D eigenvalue weighted by Gasteiger charge is 2.21. The monoisotopic (exact) mass is 347 g/mol. The topological polar surface area (TPSA) is 12.0 Å². The van der Waals surface area contributed by atoms with Crippen LogP contribution in [0.4, 0.5) is 4.39 Å². The summed E-state index contributed by atoms with van der Waals surface area (Å²) in [5.74, 6) is 0.537. The molecular formula is C18H19BrFN. The second-order valence-electron chi connectivity index (χ2n) is 5.66. The van der Waals surface area contributed by atoms with E-state index in [1.807, 2.05) is 19.2 Å². The fraction of sp³-hybridized carbons (Fsp3) is 0.333. The summed E-state index contributed by atoms with van der Waals surface area (Å²) in [6.07, 6.45) is 3.94. The molecule has 1 unspecified atom stereocenters. The molecule has 3 rings (SSSR count). The molecule has 1 fully saturated rings. The number of nitrogens with one attached hydrogen (secondary N) is 1. The van der Waals surface area contributed by atoms with Gasteiger partial charge in [0.1, 0.15) is 5.82 Å². The number of benzene rings is 2.